The molecular formula is C28H27N5O4S. The number of carbonyl (C=O) groups excluding carboxylic acids is 1. The minimum absolute atomic E-state index is 0.392. The number of ether oxygens (including phenoxy) is 2. The molecule has 0 atom stereocenters. The summed E-state index contributed by atoms with van der Waals surface area (Å²) in [6.45, 7) is 1.52. The van der Waals surface area contributed by atoms with E-state index < -0.39 is 5.97 Å². The van der Waals surface area contributed by atoms with Gasteiger partial charge in [0.15, 0.2) is 0 Å². The Morgan fingerprint density at radius 3 is 2.16 bits per heavy atom. The number of para-hydroxylation sites is 1. The van der Waals surface area contributed by atoms with Gasteiger partial charge in [-0.3, -0.25) is 0 Å². The maximum atomic E-state index is 12.6. The van der Waals surface area contributed by atoms with Crippen molar-refractivity contribution in [3.8, 4) is 26.9 Å². The van der Waals surface area contributed by atoms with Crippen LogP contribution in [0.4, 0.5) is 0 Å². The van der Waals surface area contributed by atoms with Crippen molar-refractivity contribution in [2.75, 3.05) is 20.3 Å². The van der Waals surface area contributed by atoms with E-state index in [0.29, 0.717) is 23.2 Å². The topological polar surface area (TPSA) is 101 Å². The molecule has 194 valence electrons. The minimum atomic E-state index is -0.529. The molecule has 0 fully saturated rings. The molecule has 0 bridgehead atoms. The molecule has 5 rings (SSSR count). The van der Waals surface area contributed by atoms with Gasteiger partial charge in [0.1, 0.15) is 26.8 Å². The number of benzene rings is 3. The van der Waals surface area contributed by atoms with Gasteiger partial charge in [0, 0.05) is 24.8 Å². The number of fused-ring (bicyclic) bond motifs is 1. The largest absolute Gasteiger partial charge is 0.494 e. The lowest BCUT2D eigenvalue weighted by molar-refractivity contribution is 0.0409. The SMILES string of the molecule is COCCCCCCOc1ccc(-c2nnc(-c3ccc(C(=O)On4nnc5ccccc54)cc3)s2)cc1. The van der Waals surface area contributed by atoms with Gasteiger partial charge in [-0.05, 0) is 73.0 Å². The van der Waals surface area contributed by atoms with Gasteiger partial charge in [-0.2, -0.15) is 0 Å². The minimum Gasteiger partial charge on any atom is -0.494 e. The highest BCUT2D eigenvalue weighted by Crippen LogP contribution is 2.31. The second kappa shape index (κ2) is 12.4. The molecule has 0 radical (unpaired) electrons. The summed E-state index contributed by atoms with van der Waals surface area (Å²) < 4.78 is 10.9. The summed E-state index contributed by atoms with van der Waals surface area (Å²) in [6, 6.07) is 22.2. The summed E-state index contributed by atoms with van der Waals surface area (Å²) in [4.78, 5) is 19.1. The molecule has 0 saturated heterocycles. The number of nitrogens with zero attached hydrogens (tertiary/aromatic N) is 5. The van der Waals surface area contributed by atoms with Crippen molar-refractivity contribution in [3.05, 3.63) is 78.4 Å². The molecule has 0 spiro atoms. The van der Waals surface area contributed by atoms with Gasteiger partial charge < -0.3 is 14.3 Å². The van der Waals surface area contributed by atoms with Crippen molar-refractivity contribution in [3.63, 3.8) is 0 Å². The van der Waals surface area contributed by atoms with Gasteiger partial charge in [0.2, 0.25) is 0 Å². The van der Waals surface area contributed by atoms with E-state index in [1.165, 1.54) is 11.3 Å². The number of hydrogen-bond acceptors (Lipinski definition) is 9. The fourth-order valence-corrected chi connectivity index (χ4v) is 4.69. The van der Waals surface area contributed by atoms with Crippen LogP contribution in [0.25, 0.3) is 32.2 Å². The maximum absolute atomic E-state index is 12.6. The lowest BCUT2D eigenvalue weighted by Crippen LogP contribution is -2.20. The summed E-state index contributed by atoms with van der Waals surface area (Å²) in [5, 5.41) is 18.1. The van der Waals surface area contributed by atoms with Crippen molar-refractivity contribution in [2.24, 2.45) is 0 Å². The van der Waals surface area contributed by atoms with Crippen LogP contribution in [0.1, 0.15) is 36.0 Å². The van der Waals surface area contributed by atoms with Crippen molar-refractivity contribution in [2.45, 2.75) is 25.7 Å². The first-order chi connectivity index (χ1) is 18.7. The Labute approximate surface area is 224 Å². The third-order valence-corrected chi connectivity index (χ3v) is 6.92. The summed E-state index contributed by atoms with van der Waals surface area (Å²) in [6.07, 6.45) is 4.41. The second-order valence-corrected chi connectivity index (χ2v) is 9.58. The Morgan fingerprint density at radius 2 is 1.45 bits per heavy atom. The average molecular weight is 530 g/mol. The highest BCUT2D eigenvalue weighted by Gasteiger charge is 2.14. The summed E-state index contributed by atoms with van der Waals surface area (Å²) in [5.41, 5.74) is 3.49. The van der Waals surface area contributed by atoms with Gasteiger partial charge >= 0.3 is 5.97 Å². The van der Waals surface area contributed by atoms with Crippen LogP contribution in [0.3, 0.4) is 0 Å². The Balaban J connectivity index is 1.16. The van der Waals surface area contributed by atoms with Gasteiger partial charge in [0.05, 0.1) is 12.2 Å². The Morgan fingerprint density at radius 1 is 0.789 bits per heavy atom. The zero-order valence-corrected chi connectivity index (χ0v) is 21.8. The number of unbranched alkanes of at least 4 members (excludes halogenated alkanes) is 3. The quantitative estimate of drug-likeness (QED) is 0.155. The van der Waals surface area contributed by atoms with E-state index in [2.05, 4.69) is 20.5 Å². The third kappa shape index (κ3) is 6.21. The van der Waals surface area contributed by atoms with E-state index in [1.54, 1.807) is 31.4 Å². The van der Waals surface area contributed by atoms with E-state index in [4.69, 9.17) is 14.3 Å². The molecular weight excluding hydrogens is 502 g/mol. The lowest BCUT2D eigenvalue weighted by atomic mass is 10.1. The van der Waals surface area contributed by atoms with Crippen LogP contribution < -0.4 is 9.57 Å². The molecule has 5 aromatic rings. The van der Waals surface area contributed by atoms with Gasteiger partial charge in [0.25, 0.3) is 0 Å². The molecule has 9 nitrogen and oxygen atoms in total. The molecule has 0 aliphatic heterocycles. The molecule has 0 aliphatic carbocycles. The van der Waals surface area contributed by atoms with E-state index in [1.807, 2.05) is 48.5 Å². The highest BCUT2D eigenvalue weighted by atomic mass is 32.1. The zero-order chi connectivity index (χ0) is 26.2. The Bertz CT molecular complexity index is 1480. The maximum Gasteiger partial charge on any atom is 0.365 e. The predicted molar refractivity (Wildman–Crippen MR) is 145 cm³/mol. The zero-order valence-electron chi connectivity index (χ0n) is 20.9. The van der Waals surface area contributed by atoms with Crippen LogP contribution >= 0.6 is 11.3 Å². The number of carbonyl (C=O) groups is 1. The van der Waals surface area contributed by atoms with Crippen molar-refractivity contribution in [1.29, 1.82) is 0 Å². The van der Waals surface area contributed by atoms with Crippen LogP contribution in [0.15, 0.2) is 72.8 Å². The molecule has 0 aliphatic rings. The smallest absolute Gasteiger partial charge is 0.365 e. The normalized spacial score (nSPS) is 11.1. The first kappa shape index (κ1) is 25.5. The van der Waals surface area contributed by atoms with Crippen molar-refractivity contribution < 1.29 is 19.1 Å². The predicted octanol–water partition coefficient (Wildman–Crippen LogP) is 5.47. The molecule has 0 saturated carbocycles. The van der Waals surface area contributed by atoms with E-state index in [-0.39, 0.29) is 0 Å². The average Bonchev–Trinajstić information content (AvgIpc) is 3.61. The molecule has 0 amide bonds. The monoisotopic (exact) mass is 529 g/mol. The number of aromatic nitrogens is 5. The number of hydrogen-bond donors (Lipinski definition) is 0. The van der Waals surface area contributed by atoms with Gasteiger partial charge in [-0.1, -0.05) is 46.9 Å². The van der Waals surface area contributed by atoms with Crippen LogP contribution in [-0.2, 0) is 4.74 Å². The number of methoxy groups -OCH3 is 1. The first-order valence-corrected chi connectivity index (χ1v) is 13.2. The second-order valence-electron chi connectivity index (χ2n) is 8.60. The molecule has 3 aromatic carbocycles. The fraction of sp³-hybridized carbons (Fsp3) is 0.250. The third-order valence-electron chi connectivity index (χ3n) is 5.90. The van der Waals surface area contributed by atoms with Gasteiger partial charge in [-0.15, -0.1) is 15.3 Å². The Kier molecular flexibility index (Phi) is 8.32. The molecule has 38 heavy (non-hydrogen) atoms. The van der Waals surface area contributed by atoms with Crippen LogP contribution in [-0.4, -0.2) is 51.6 Å². The molecule has 2 heterocycles. The fourth-order valence-electron chi connectivity index (χ4n) is 3.84. The first-order valence-electron chi connectivity index (χ1n) is 12.4. The molecule has 0 unspecified atom stereocenters. The molecule has 10 heteroatoms. The molecule has 2 aromatic heterocycles. The van der Waals surface area contributed by atoms with E-state index >= 15 is 0 Å². The summed E-state index contributed by atoms with van der Waals surface area (Å²) in [7, 11) is 1.73. The van der Waals surface area contributed by atoms with E-state index in [9.17, 15) is 4.79 Å². The Hall–Kier alpha value is -4.15. The van der Waals surface area contributed by atoms with Crippen LogP contribution in [0, 0.1) is 0 Å². The highest BCUT2D eigenvalue weighted by molar-refractivity contribution is 7.17. The van der Waals surface area contributed by atoms with Crippen molar-refractivity contribution >= 4 is 28.3 Å². The summed E-state index contributed by atoms with van der Waals surface area (Å²) >= 11 is 1.48. The van der Waals surface area contributed by atoms with Crippen LogP contribution in [0.5, 0.6) is 5.75 Å². The molecule has 0 N–H and O–H groups in total. The van der Waals surface area contributed by atoms with Crippen LogP contribution in [0.2, 0.25) is 0 Å². The number of rotatable bonds is 12. The van der Waals surface area contributed by atoms with E-state index in [0.717, 1.165) is 64.0 Å². The summed E-state index contributed by atoms with van der Waals surface area (Å²) in [5.74, 6) is 0.315. The van der Waals surface area contributed by atoms with Crippen molar-refractivity contribution in [1.82, 2.24) is 25.4 Å². The van der Waals surface area contributed by atoms with Gasteiger partial charge in [-0.25, -0.2) is 4.79 Å². The lowest BCUT2D eigenvalue weighted by Gasteiger charge is -2.06. The standard InChI is InChI=1S/C28H27N5O4S/c1-35-18-6-2-3-7-19-36-23-16-14-21(15-17-23)27-31-30-26(38-27)20-10-12-22(13-11-20)28(34)37-33-25-9-5-4-8-24(25)29-32-33/h4-5,8-17H,2-3,6-7,18-19H2,1H3.